The van der Waals surface area contributed by atoms with Crippen molar-refractivity contribution >= 4 is 11.5 Å². The molecular weight excluding hydrogens is 214 g/mol. The number of rotatable bonds is 2. The second-order valence-corrected chi connectivity index (χ2v) is 5.21. The normalized spacial score (nSPS) is 25.7. The third-order valence-corrected chi connectivity index (χ3v) is 3.77. The Hall–Kier alpha value is -1.32. The molecule has 4 heteroatoms. The average Bonchev–Trinajstić information content (AvgIpc) is 2.75. The number of anilines is 1. The summed E-state index contributed by atoms with van der Waals surface area (Å²) in [5.41, 5.74) is 1.13. The predicted molar refractivity (Wildman–Crippen MR) is 68.2 cm³/mol. The largest absolute Gasteiger partial charge is 0.365 e. The quantitative estimate of drug-likeness (QED) is 0.789. The van der Waals surface area contributed by atoms with Gasteiger partial charge in [0.2, 0.25) is 0 Å². The first-order valence-electron chi connectivity index (χ1n) is 6.34. The monoisotopic (exact) mass is 235 g/mol. The molecule has 0 radical (unpaired) electrons. The van der Waals surface area contributed by atoms with Gasteiger partial charge in [-0.1, -0.05) is 6.92 Å². The summed E-state index contributed by atoms with van der Waals surface area (Å²) in [5, 5.41) is 4.36. The van der Waals surface area contributed by atoms with Gasteiger partial charge in [-0.2, -0.15) is 5.10 Å². The maximum atomic E-state index is 11.6. The number of ketones is 1. The van der Waals surface area contributed by atoms with Crippen molar-refractivity contribution in [1.82, 2.24) is 9.78 Å². The minimum absolute atomic E-state index is 0.117. The molecule has 2 atom stereocenters. The molecule has 1 aromatic rings. The van der Waals surface area contributed by atoms with Crippen molar-refractivity contribution in [2.45, 2.75) is 46.2 Å². The molecule has 1 aromatic heterocycles. The molecule has 0 aliphatic carbocycles. The molecule has 17 heavy (non-hydrogen) atoms. The summed E-state index contributed by atoms with van der Waals surface area (Å²) in [5.74, 6) is 0.496. The Morgan fingerprint density at radius 3 is 2.71 bits per heavy atom. The fourth-order valence-electron chi connectivity index (χ4n) is 2.32. The van der Waals surface area contributed by atoms with E-state index in [2.05, 4.69) is 37.0 Å². The molecule has 1 aliphatic heterocycles. The van der Waals surface area contributed by atoms with Gasteiger partial charge < -0.3 is 4.90 Å². The van der Waals surface area contributed by atoms with Gasteiger partial charge in [0.25, 0.3) is 0 Å². The van der Waals surface area contributed by atoms with Gasteiger partial charge in [0.15, 0.2) is 0 Å². The van der Waals surface area contributed by atoms with Crippen molar-refractivity contribution in [2.75, 3.05) is 11.4 Å². The number of carbonyl (C=O) groups excluding carboxylic acids is 1. The topological polar surface area (TPSA) is 38.1 Å². The number of carbonyl (C=O) groups is 1. The molecule has 0 bridgehead atoms. The highest BCUT2D eigenvalue weighted by atomic mass is 16.1. The molecule has 0 saturated carbocycles. The number of hydrogen-bond donors (Lipinski definition) is 0. The number of Topliss-reactive ketones (excluding diaryl/α,β-unsaturated/α-hetero) is 1. The van der Waals surface area contributed by atoms with Gasteiger partial charge in [-0.05, 0) is 20.8 Å². The zero-order valence-corrected chi connectivity index (χ0v) is 11.1. The molecule has 0 N–H and O–H groups in total. The van der Waals surface area contributed by atoms with Gasteiger partial charge in [-0.3, -0.25) is 9.48 Å². The Morgan fingerprint density at radius 2 is 2.12 bits per heavy atom. The van der Waals surface area contributed by atoms with E-state index in [-0.39, 0.29) is 12.0 Å². The van der Waals surface area contributed by atoms with Crippen LogP contribution < -0.4 is 4.90 Å². The van der Waals surface area contributed by atoms with Crippen molar-refractivity contribution in [3.63, 3.8) is 0 Å². The number of hydrogen-bond acceptors (Lipinski definition) is 3. The molecule has 1 fully saturated rings. The summed E-state index contributed by atoms with van der Waals surface area (Å²) < 4.78 is 1.96. The maximum absolute atomic E-state index is 11.6. The van der Waals surface area contributed by atoms with Gasteiger partial charge >= 0.3 is 0 Å². The summed E-state index contributed by atoms with van der Waals surface area (Å²) in [4.78, 5) is 13.9. The van der Waals surface area contributed by atoms with E-state index in [1.165, 1.54) is 0 Å². The Labute approximate surface area is 103 Å². The van der Waals surface area contributed by atoms with Crippen LogP contribution in [0.1, 0.15) is 40.2 Å². The molecule has 1 saturated heterocycles. The fourth-order valence-corrected chi connectivity index (χ4v) is 2.32. The first kappa shape index (κ1) is 12.1. The van der Waals surface area contributed by atoms with Gasteiger partial charge in [-0.15, -0.1) is 0 Å². The molecule has 4 nitrogen and oxygen atoms in total. The highest BCUT2D eigenvalue weighted by molar-refractivity contribution is 5.83. The lowest BCUT2D eigenvalue weighted by atomic mass is 9.90. The molecule has 0 amide bonds. The first-order valence-corrected chi connectivity index (χ1v) is 6.34. The second kappa shape index (κ2) is 4.51. The van der Waals surface area contributed by atoms with Crippen LogP contribution in [0.2, 0.25) is 0 Å². The molecule has 2 heterocycles. The van der Waals surface area contributed by atoms with Crippen LogP contribution in [-0.4, -0.2) is 28.2 Å². The highest BCUT2D eigenvalue weighted by Crippen LogP contribution is 2.26. The van der Waals surface area contributed by atoms with Crippen molar-refractivity contribution in [3.05, 3.63) is 12.4 Å². The third kappa shape index (κ3) is 2.21. The van der Waals surface area contributed by atoms with E-state index < -0.39 is 0 Å². The predicted octanol–water partition coefficient (Wildman–Crippen LogP) is 2.27. The van der Waals surface area contributed by atoms with E-state index in [0.717, 1.165) is 12.2 Å². The van der Waals surface area contributed by atoms with Gasteiger partial charge in [0.1, 0.15) is 5.78 Å². The Balaban J connectivity index is 2.19. The van der Waals surface area contributed by atoms with Crippen LogP contribution in [-0.2, 0) is 4.79 Å². The summed E-state index contributed by atoms with van der Waals surface area (Å²) >= 11 is 0. The van der Waals surface area contributed by atoms with Crippen molar-refractivity contribution in [3.8, 4) is 0 Å². The molecule has 94 valence electrons. The van der Waals surface area contributed by atoms with E-state index in [4.69, 9.17) is 0 Å². The zero-order valence-electron chi connectivity index (χ0n) is 11.1. The van der Waals surface area contributed by atoms with Gasteiger partial charge in [-0.25, -0.2) is 0 Å². The molecule has 0 spiro atoms. The summed E-state index contributed by atoms with van der Waals surface area (Å²) in [6, 6.07) is 0.643. The molecular formula is C13H21N3O. The minimum Gasteiger partial charge on any atom is -0.365 e. The van der Waals surface area contributed by atoms with E-state index >= 15 is 0 Å². The van der Waals surface area contributed by atoms with E-state index in [1.807, 2.05) is 17.8 Å². The van der Waals surface area contributed by atoms with Crippen molar-refractivity contribution in [2.24, 2.45) is 5.92 Å². The molecule has 2 rings (SSSR count). The van der Waals surface area contributed by atoms with Crippen molar-refractivity contribution < 1.29 is 4.79 Å². The Morgan fingerprint density at radius 1 is 1.41 bits per heavy atom. The van der Waals surface area contributed by atoms with Crippen molar-refractivity contribution in [1.29, 1.82) is 0 Å². The number of nitrogens with zero attached hydrogens (tertiary/aromatic N) is 3. The fraction of sp³-hybridized carbons (Fsp3) is 0.692. The molecule has 0 aromatic carbocycles. The Bertz CT molecular complexity index is 411. The third-order valence-electron chi connectivity index (χ3n) is 3.77. The summed E-state index contributed by atoms with van der Waals surface area (Å²) in [7, 11) is 0. The van der Waals surface area contributed by atoms with Crippen LogP contribution in [0.25, 0.3) is 0 Å². The van der Waals surface area contributed by atoms with Crippen LogP contribution in [0.15, 0.2) is 12.4 Å². The highest BCUT2D eigenvalue weighted by Gasteiger charge is 2.31. The van der Waals surface area contributed by atoms with Gasteiger partial charge in [0.05, 0.1) is 11.9 Å². The number of aromatic nitrogens is 2. The van der Waals surface area contributed by atoms with E-state index in [9.17, 15) is 4.79 Å². The standard InChI is InChI=1S/C13H21N3O/c1-9(2)16-8-12(7-14-16)15-6-5-13(17)10(3)11(15)4/h7-11H,5-6H2,1-4H3. The minimum atomic E-state index is 0.117. The lowest BCUT2D eigenvalue weighted by molar-refractivity contribution is -0.123. The van der Waals surface area contributed by atoms with E-state index in [0.29, 0.717) is 18.2 Å². The zero-order chi connectivity index (χ0) is 12.6. The smallest absolute Gasteiger partial charge is 0.139 e. The first-order chi connectivity index (χ1) is 8.00. The molecule has 1 aliphatic rings. The lowest BCUT2D eigenvalue weighted by Crippen LogP contribution is -2.46. The van der Waals surface area contributed by atoms with E-state index in [1.54, 1.807) is 0 Å². The van der Waals surface area contributed by atoms with Gasteiger partial charge in [0, 0.05) is 37.2 Å². The summed E-state index contributed by atoms with van der Waals surface area (Å²) in [6.45, 7) is 9.18. The summed E-state index contributed by atoms with van der Waals surface area (Å²) in [6.07, 6.45) is 4.63. The number of piperidine rings is 1. The van der Waals surface area contributed by atoms with Crippen LogP contribution in [0.3, 0.4) is 0 Å². The van der Waals surface area contributed by atoms with Crippen LogP contribution >= 0.6 is 0 Å². The SMILES string of the molecule is CC1C(=O)CCN(c2cnn(C(C)C)c2)C1C. The second-order valence-electron chi connectivity index (χ2n) is 5.21. The molecule has 2 unspecified atom stereocenters. The van der Waals surface area contributed by atoms with Crippen LogP contribution in [0, 0.1) is 5.92 Å². The lowest BCUT2D eigenvalue weighted by Gasteiger charge is -2.37. The maximum Gasteiger partial charge on any atom is 0.139 e. The van der Waals surface area contributed by atoms with Crippen LogP contribution in [0.4, 0.5) is 5.69 Å². The van der Waals surface area contributed by atoms with Crippen LogP contribution in [0.5, 0.6) is 0 Å². The average molecular weight is 235 g/mol. The Kier molecular flexibility index (Phi) is 3.22.